The lowest BCUT2D eigenvalue weighted by molar-refractivity contribution is 0.103. The fourth-order valence-corrected chi connectivity index (χ4v) is 2.98. The smallest absolute Gasteiger partial charge is 0.194 e. The molecule has 3 rings (SSSR count). The zero-order valence-electron chi connectivity index (χ0n) is 11.3. The van der Waals surface area contributed by atoms with Crippen LogP contribution in [0.2, 0.25) is 5.02 Å². The molecule has 1 heterocycles. The van der Waals surface area contributed by atoms with Gasteiger partial charge in [0.05, 0.1) is 5.02 Å². The molecule has 0 amide bonds. The molecule has 2 aromatic carbocycles. The highest BCUT2D eigenvalue weighted by atomic mass is 79.9. The fourth-order valence-electron chi connectivity index (χ4n) is 2.26. The van der Waals surface area contributed by atoms with Gasteiger partial charge in [0.25, 0.3) is 0 Å². The van der Waals surface area contributed by atoms with Gasteiger partial charge in [-0.25, -0.2) is 0 Å². The molecule has 2 aromatic rings. The van der Waals surface area contributed by atoms with Gasteiger partial charge in [0, 0.05) is 21.7 Å². The van der Waals surface area contributed by atoms with E-state index in [1.54, 1.807) is 18.2 Å². The molecular weight excluding hydrogens is 356 g/mol. The third kappa shape index (κ3) is 2.78. The van der Waals surface area contributed by atoms with Crippen LogP contribution >= 0.6 is 27.5 Å². The number of benzene rings is 2. The molecule has 0 spiro atoms. The highest BCUT2D eigenvalue weighted by Gasteiger charge is 2.21. The van der Waals surface area contributed by atoms with E-state index in [1.807, 2.05) is 19.1 Å². The van der Waals surface area contributed by atoms with E-state index in [0.717, 1.165) is 10.0 Å². The first-order chi connectivity index (χ1) is 10.1. The number of halogens is 2. The summed E-state index contributed by atoms with van der Waals surface area (Å²) in [7, 11) is 0. The third-order valence-corrected chi connectivity index (χ3v) is 4.12. The van der Waals surface area contributed by atoms with Gasteiger partial charge >= 0.3 is 0 Å². The van der Waals surface area contributed by atoms with Gasteiger partial charge < -0.3 is 9.47 Å². The predicted molar refractivity (Wildman–Crippen MR) is 84.8 cm³/mol. The Hall–Kier alpha value is -1.52. The summed E-state index contributed by atoms with van der Waals surface area (Å²) in [6, 6.07) is 8.82. The molecule has 0 saturated heterocycles. The molecule has 3 nitrogen and oxygen atoms in total. The summed E-state index contributed by atoms with van der Waals surface area (Å²) in [6.07, 6.45) is 0. The average Bonchev–Trinajstić information content (AvgIpc) is 2.46. The standard InChI is InChI=1S/C16H12BrClO3/c1-9-6-10(17)2-3-11(9)16(19)12-7-14-15(8-13(12)18)21-5-4-20-14/h2-3,6-8H,4-5H2,1H3. The van der Waals surface area contributed by atoms with Crippen LogP contribution in [0.5, 0.6) is 11.5 Å². The predicted octanol–water partition coefficient (Wildman–Crippen LogP) is 4.41. The van der Waals surface area contributed by atoms with Crippen molar-refractivity contribution in [3.8, 4) is 11.5 Å². The molecule has 0 N–H and O–H groups in total. The Morgan fingerprint density at radius 2 is 1.76 bits per heavy atom. The van der Waals surface area contributed by atoms with E-state index in [2.05, 4.69) is 15.9 Å². The lowest BCUT2D eigenvalue weighted by Gasteiger charge is -2.19. The van der Waals surface area contributed by atoms with Gasteiger partial charge in [-0.05, 0) is 36.8 Å². The van der Waals surface area contributed by atoms with Crippen LogP contribution < -0.4 is 9.47 Å². The molecule has 0 aromatic heterocycles. The Labute approximate surface area is 136 Å². The number of hydrogen-bond donors (Lipinski definition) is 0. The summed E-state index contributed by atoms with van der Waals surface area (Å²) >= 11 is 9.62. The van der Waals surface area contributed by atoms with Crippen molar-refractivity contribution in [2.24, 2.45) is 0 Å². The lowest BCUT2D eigenvalue weighted by Crippen LogP contribution is -2.16. The van der Waals surface area contributed by atoms with E-state index in [9.17, 15) is 4.79 Å². The molecular formula is C16H12BrClO3. The minimum absolute atomic E-state index is 0.123. The van der Waals surface area contributed by atoms with Gasteiger partial charge in [-0.3, -0.25) is 4.79 Å². The summed E-state index contributed by atoms with van der Waals surface area (Å²) < 4.78 is 11.9. The van der Waals surface area contributed by atoms with Crippen molar-refractivity contribution in [3.05, 3.63) is 56.5 Å². The number of fused-ring (bicyclic) bond motifs is 1. The van der Waals surface area contributed by atoms with Crippen molar-refractivity contribution in [3.63, 3.8) is 0 Å². The van der Waals surface area contributed by atoms with Crippen LogP contribution in [-0.2, 0) is 0 Å². The van der Waals surface area contributed by atoms with Crippen molar-refractivity contribution in [2.45, 2.75) is 6.92 Å². The van der Waals surface area contributed by atoms with Gasteiger partial charge in [-0.15, -0.1) is 0 Å². The highest BCUT2D eigenvalue weighted by Crippen LogP contribution is 2.36. The second kappa shape index (κ2) is 5.70. The summed E-state index contributed by atoms with van der Waals surface area (Å²) in [5, 5.41) is 0.367. The van der Waals surface area contributed by atoms with Crippen molar-refractivity contribution >= 4 is 33.3 Å². The summed E-state index contributed by atoms with van der Waals surface area (Å²) in [6.45, 7) is 2.85. The molecule has 0 bridgehead atoms. The Morgan fingerprint density at radius 3 is 2.43 bits per heavy atom. The molecule has 5 heteroatoms. The van der Waals surface area contributed by atoms with Crippen LogP contribution in [0.25, 0.3) is 0 Å². The number of ether oxygens (including phenoxy) is 2. The maximum Gasteiger partial charge on any atom is 0.194 e. The van der Waals surface area contributed by atoms with Crippen LogP contribution in [0.15, 0.2) is 34.8 Å². The number of hydrogen-bond acceptors (Lipinski definition) is 3. The second-order valence-corrected chi connectivity index (χ2v) is 6.09. The van der Waals surface area contributed by atoms with Gasteiger partial charge in [0.15, 0.2) is 17.3 Å². The maximum atomic E-state index is 12.7. The zero-order valence-corrected chi connectivity index (χ0v) is 13.6. The minimum atomic E-state index is -0.123. The number of rotatable bonds is 2. The minimum Gasteiger partial charge on any atom is -0.486 e. The summed E-state index contributed by atoms with van der Waals surface area (Å²) in [5.74, 6) is 1.01. The Morgan fingerprint density at radius 1 is 1.10 bits per heavy atom. The first-order valence-electron chi connectivity index (χ1n) is 6.46. The Balaban J connectivity index is 2.05. The Kier molecular flexibility index (Phi) is 3.91. The van der Waals surface area contributed by atoms with Crippen LogP contribution in [0.1, 0.15) is 21.5 Å². The number of carbonyl (C=O) groups is 1. The monoisotopic (exact) mass is 366 g/mol. The van der Waals surface area contributed by atoms with E-state index in [4.69, 9.17) is 21.1 Å². The Bertz CT molecular complexity index is 728. The average molecular weight is 368 g/mol. The zero-order chi connectivity index (χ0) is 15.0. The summed E-state index contributed by atoms with van der Waals surface area (Å²) in [4.78, 5) is 12.7. The van der Waals surface area contributed by atoms with E-state index in [0.29, 0.717) is 40.9 Å². The topological polar surface area (TPSA) is 35.5 Å². The van der Waals surface area contributed by atoms with Crippen molar-refractivity contribution in [2.75, 3.05) is 13.2 Å². The molecule has 0 atom stereocenters. The number of ketones is 1. The third-order valence-electron chi connectivity index (χ3n) is 3.31. The summed E-state index contributed by atoms with van der Waals surface area (Å²) in [5.41, 5.74) is 1.93. The van der Waals surface area contributed by atoms with E-state index >= 15 is 0 Å². The highest BCUT2D eigenvalue weighted by molar-refractivity contribution is 9.10. The van der Waals surface area contributed by atoms with Crippen molar-refractivity contribution < 1.29 is 14.3 Å². The molecule has 0 unspecified atom stereocenters. The number of carbonyl (C=O) groups excluding carboxylic acids is 1. The molecule has 21 heavy (non-hydrogen) atoms. The molecule has 1 aliphatic heterocycles. The van der Waals surface area contributed by atoms with Crippen molar-refractivity contribution in [1.82, 2.24) is 0 Å². The largest absolute Gasteiger partial charge is 0.486 e. The van der Waals surface area contributed by atoms with Gasteiger partial charge in [-0.2, -0.15) is 0 Å². The molecule has 1 aliphatic rings. The van der Waals surface area contributed by atoms with E-state index in [1.165, 1.54) is 0 Å². The molecule has 0 saturated carbocycles. The van der Waals surface area contributed by atoms with Gasteiger partial charge in [-0.1, -0.05) is 27.5 Å². The van der Waals surface area contributed by atoms with E-state index < -0.39 is 0 Å². The second-order valence-electron chi connectivity index (χ2n) is 4.76. The molecule has 0 fully saturated rings. The molecule has 0 aliphatic carbocycles. The molecule has 108 valence electrons. The van der Waals surface area contributed by atoms with Gasteiger partial charge in [0.2, 0.25) is 0 Å². The van der Waals surface area contributed by atoms with Crippen LogP contribution in [0, 0.1) is 6.92 Å². The first kappa shape index (κ1) is 14.4. The van der Waals surface area contributed by atoms with Crippen LogP contribution in [0.4, 0.5) is 0 Å². The fraction of sp³-hybridized carbons (Fsp3) is 0.188. The van der Waals surface area contributed by atoms with Gasteiger partial charge in [0.1, 0.15) is 13.2 Å². The molecule has 0 radical (unpaired) electrons. The normalized spacial score (nSPS) is 13.1. The quantitative estimate of drug-likeness (QED) is 0.737. The number of aryl methyl sites for hydroxylation is 1. The van der Waals surface area contributed by atoms with E-state index in [-0.39, 0.29) is 5.78 Å². The van der Waals surface area contributed by atoms with Crippen LogP contribution in [0.3, 0.4) is 0 Å². The SMILES string of the molecule is Cc1cc(Br)ccc1C(=O)c1cc2c(cc1Cl)OCCO2. The van der Waals surface area contributed by atoms with Crippen LogP contribution in [-0.4, -0.2) is 19.0 Å². The van der Waals surface area contributed by atoms with Crippen molar-refractivity contribution in [1.29, 1.82) is 0 Å². The maximum absolute atomic E-state index is 12.7. The first-order valence-corrected chi connectivity index (χ1v) is 7.63. The lowest BCUT2D eigenvalue weighted by atomic mass is 9.99.